The lowest BCUT2D eigenvalue weighted by molar-refractivity contribution is 0.214. The van der Waals surface area contributed by atoms with Crippen LogP contribution in [0, 0.1) is 11.8 Å². The molecule has 0 fully saturated rings. The molecule has 1 aromatic carbocycles. The van der Waals surface area contributed by atoms with E-state index in [1.165, 1.54) is 7.11 Å². The van der Waals surface area contributed by atoms with Crippen molar-refractivity contribution < 1.29 is 4.84 Å². The number of fused-ring (bicyclic) bond motifs is 1. The van der Waals surface area contributed by atoms with Gasteiger partial charge in [0.05, 0.1) is 5.52 Å². The average molecular weight is 441 g/mol. The molecule has 0 aliphatic rings. The maximum absolute atomic E-state index is 4.89. The molecule has 2 rings (SSSR count). The Balaban J connectivity index is -0.000000945. The van der Waals surface area contributed by atoms with Crippen LogP contribution in [0.25, 0.3) is 10.9 Å². The fraction of sp³-hybridized carbons (Fsp3) is 0.444. The van der Waals surface area contributed by atoms with Crippen molar-refractivity contribution in [1.82, 2.24) is 9.97 Å². The quantitative estimate of drug-likeness (QED) is 0.221. The van der Waals surface area contributed by atoms with Crippen molar-refractivity contribution in [2.75, 3.05) is 12.4 Å². The van der Waals surface area contributed by atoms with Crippen molar-refractivity contribution in [3.63, 3.8) is 0 Å². The van der Waals surface area contributed by atoms with E-state index in [9.17, 15) is 0 Å². The topological polar surface area (TPSA) is 59.4 Å². The van der Waals surface area contributed by atoms with E-state index in [0.717, 1.165) is 28.0 Å². The predicted molar refractivity (Wildman–Crippen MR) is 144 cm³/mol. The van der Waals surface area contributed by atoms with E-state index in [1.807, 2.05) is 106 Å². The van der Waals surface area contributed by atoms with Crippen LogP contribution in [-0.2, 0) is 4.84 Å². The van der Waals surface area contributed by atoms with Crippen LogP contribution in [0.15, 0.2) is 53.6 Å². The molecular formula is C27H44N4O. The molecule has 1 N–H and O–H groups in total. The van der Waals surface area contributed by atoms with Crippen LogP contribution >= 0.6 is 0 Å². The van der Waals surface area contributed by atoms with Crippen molar-refractivity contribution in [3.8, 4) is 11.8 Å². The van der Waals surface area contributed by atoms with Gasteiger partial charge < -0.3 is 10.2 Å². The number of nitrogens with one attached hydrogen (secondary N) is 1. The Morgan fingerprint density at radius 2 is 1.62 bits per heavy atom. The van der Waals surface area contributed by atoms with Crippen molar-refractivity contribution >= 4 is 22.4 Å². The molecule has 178 valence electrons. The van der Waals surface area contributed by atoms with Gasteiger partial charge in [0.2, 0.25) is 0 Å². The molecule has 0 aliphatic heterocycles. The third-order valence-electron chi connectivity index (χ3n) is 3.25. The summed E-state index contributed by atoms with van der Waals surface area (Å²) < 4.78 is 0. The second kappa shape index (κ2) is 24.1. The van der Waals surface area contributed by atoms with Gasteiger partial charge in [0.15, 0.2) is 5.71 Å². The molecule has 0 radical (unpaired) electrons. The SMILES string of the molecule is CC.CC.CC.CC.CC#C/C(=N\OC)c1ccc2ncnc(NC(/C=C\C)=C/C)c2c1. The Hall–Kier alpha value is -3.13. The number of hydrogen-bond acceptors (Lipinski definition) is 5. The van der Waals surface area contributed by atoms with Gasteiger partial charge >= 0.3 is 0 Å². The van der Waals surface area contributed by atoms with E-state index in [4.69, 9.17) is 4.84 Å². The van der Waals surface area contributed by atoms with Crippen molar-refractivity contribution in [3.05, 3.63) is 54.0 Å². The minimum Gasteiger partial charge on any atom is -0.398 e. The zero-order valence-corrected chi connectivity index (χ0v) is 22.3. The number of nitrogens with zero attached hydrogens (tertiary/aromatic N) is 3. The summed E-state index contributed by atoms with van der Waals surface area (Å²) in [6.45, 7) is 21.7. The molecule has 5 heteroatoms. The molecule has 1 heterocycles. The minimum atomic E-state index is 0.566. The van der Waals surface area contributed by atoms with Crippen molar-refractivity contribution in [2.24, 2.45) is 5.16 Å². The Bertz CT molecular complexity index is 872. The maximum atomic E-state index is 4.89. The highest BCUT2D eigenvalue weighted by Gasteiger charge is 2.08. The molecule has 0 spiro atoms. The molecule has 0 aliphatic carbocycles. The Morgan fingerprint density at radius 1 is 1.00 bits per heavy atom. The zero-order chi connectivity index (χ0) is 25.4. The lowest BCUT2D eigenvalue weighted by atomic mass is 10.1. The first-order valence-electron chi connectivity index (χ1n) is 11.6. The van der Waals surface area contributed by atoms with Gasteiger partial charge in [-0.3, -0.25) is 0 Å². The fourth-order valence-electron chi connectivity index (χ4n) is 2.19. The first-order valence-corrected chi connectivity index (χ1v) is 11.6. The molecule has 32 heavy (non-hydrogen) atoms. The number of benzene rings is 1. The van der Waals surface area contributed by atoms with Crippen LogP contribution in [0.2, 0.25) is 0 Å². The van der Waals surface area contributed by atoms with Crippen LogP contribution in [0.5, 0.6) is 0 Å². The maximum Gasteiger partial charge on any atom is 0.159 e. The molecule has 0 amide bonds. The number of oxime groups is 1. The second-order valence-corrected chi connectivity index (χ2v) is 4.82. The molecule has 1 aromatic heterocycles. The van der Waals surface area contributed by atoms with Gasteiger partial charge in [-0.2, -0.15) is 0 Å². The molecule has 0 unspecified atom stereocenters. The minimum absolute atomic E-state index is 0.566. The number of allylic oxidation sites excluding steroid dienone is 3. The lowest BCUT2D eigenvalue weighted by Gasteiger charge is -2.10. The molecular weight excluding hydrogens is 396 g/mol. The summed E-state index contributed by atoms with van der Waals surface area (Å²) in [6, 6.07) is 5.80. The third-order valence-corrected chi connectivity index (χ3v) is 3.25. The lowest BCUT2D eigenvalue weighted by Crippen LogP contribution is -2.03. The van der Waals surface area contributed by atoms with Crippen LogP contribution in [-0.4, -0.2) is 22.8 Å². The van der Waals surface area contributed by atoms with E-state index in [0.29, 0.717) is 5.71 Å². The summed E-state index contributed by atoms with van der Waals surface area (Å²) >= 11 is 0. The highest BCUT2D eigenvalue weighted by atomic mass is 16.6. The van der Waals surface area contributed by atoms with Crippen LogP contribution in [0.3, 0.4) is 0 Å². The Labute approximate surface area is 197 Å². The van der Waals surface area contributed by atoms with Gasteiger partial charge in [0.25, 0.3) is 0 Å². The molecule has 0 saturated heterocycles. The first-order chi connectivity index (χ1) is 15.7. The van der Waals surface area contributed by atoms with Gasteiger partial charge in [-0.1, -0.05) is 78.6 Å². The highest BCUT2D eigenvalue weighted by molar-refractivity contribution is 6.14. The van der Waals surface area contributed by atoms with Crippen molar-refractivity contribution in [1.29, 1.82) is 0 Å². The summed E-state index contributed by atoms with van der Waals surface area (Å²) in [5, 5.41) is 8.19. The molecule has 0 bridgehead atoms. The summed E-state index contributed by atoms with van der Waals surface area (Å²) in [5.74, 6) is 6.52. The predicted octanol–water partition coefficient (Wildman–Crippen LogP) is 8.00. The number of aromatic nitrogens is 2. The smallest absolute Gasteiger partial charge is 0.159 e. The molecule has 0 atom stereocenters. The van der Waals surface area contributed by atoms with E-state index >= 15 is 0 Å². The molecule has 2 aromatic rings. The Kier molecular flexibility index (Phi) is 25.3. The van der Waals surface area contributed by atoms with E-state index in [-0.39, 0.29) is 0 Å². The number of hydrogen-bond donors (Lipinski definition) is 1. The molecule has 5 nitrogen and oxygen atoms in total. The monoisotopic (exact) mass is 440 g/mol. The number of rotatable bonds is 5. The first kappa shape index (κ1) is 33.5. The zero-order valence-electron chi connectivity index (χ0n) is 22.3. The van der Waals surface area contributed by atoms with E-state index in [2.05, 4.69) is 32.3 Å². The normalized spacial score (nSPS) is 9.88. The standard InChI is InChI=1S/C19H20N4O.4C2H6/c1-5-8-15(7-3)22-19-16-12-14(17(9-6-2)23-24-4)10-11-18(16)20-13-21-19;4*1-2/h5,7-8,10-13H,1-4H3,(H,20,21,22);4*1-2H3/b8-5-,15-7+,23-17+;;;;. The summed E-state index contributed by atoms with van der Waals surface area (Å²) in [5.41, 5.74) is 3.22. The van der Waals surface area contributed by atoms with Gasteiger partial charge in [0.1, 0.15) is 19.3 Å². The third kappa shape index (κ3) is 11.9. The average Bonchev–Trinajstić information content (AvgIpc) is 2.88. The highest BCUT2D eigenvalue weighted by Crippen LogP contribution is 2.22. The van der Waals surface area contributed by atoms with Gasteiger partial charge in [0, 0.05) is 16.6 Å². The van der Waals surface area contributed by atoms with Crippen LogP contribution in [0.4, 0.5) is 5.82 Å². The van der Waals surface area contributed by atoms with Crippen LogP contribution < -0.4 is 5.32 Å². The number of anilines is 1. The molecule has 0 saturated carbocycles. The van der Waals surface area contributed by atoms with E-state index in [1.54, 1.807) is 13.3 Å². The van der Waals surface area contributed by atoms with Crippen LogP contribution in [0.1, 0.15) is 81.7 Å². The largest absolute Gasteiger partial charge is 0.398 e. The van der Waals surface area contributed by atoms with Gasteiger partial charge in [-0.05, 0) is 51.0 Å². The Morgan fingerprint density at radius 3 is 2.12 bits per heavy atom. The van der Waals surface area contributed by atoms with Gasteiger partial charge in [-0.25, -0.2) is 9.97 Å². The van der Waals surface area contributed by atoms with Crippen molar-refractivity contribution in [2.45, 2.75) is 76.2 Å². The summed E-state index contributed by atoms with van der Waals surface area (Å²) in [7, 11) is 1.50. The second-order valence-electron chi connectivity index (χ2n) is 4.82. The van der Waals surface area contributed by atoms with Gasteiger partial charge in [-0.15, -0.1) is 0 Å². The summed E-state index contributed by atoms with van der Waals surface area (Å²) in [4.78, 5) is 13.6. The summed E-state index contributed by atoms with van der Waals surface area (Å²) in [6.07, 6.45) is 7.48. The fourth-order valence-corrected chi connectivity index (χ4v) is 2.19. The van der Waals surface area contributed by atoms with E-state index < -0.39 is 0 Å².